The highest BCUT2D eigenvalue weighted by molar-refractivity contribution is 5.78. The van der Waals surface area contributed by atoms with Gasteiger partial charge in [0.1, 0.15) is 23.1 Å². The Morgan fingerprint density at radius 3 is 3.05 bits per heavy atom. The average molecular weight is 255 g/mol. The summed E-state index contributed by atoms with van der Waals surface area (Å²) in [4.78, 5) is 22.6. The van der Waals surface area contributed by atoms with Crippen molar-refractivity contribution in [2.45, 2.75) is 0 Å². The summed E-state index contributed by atoms with van der Waals surface area (Å²) in [6.45, 7) is 0. The molecule has 0 aliphatic carbocycles. The van der Waals surface area contributed by atoms with Crippen LogP contribution in [0.5, 0.6) is 0 Å². The van der Waals surface area contributed by atoms with E-state index in [0.29, 0.717) is 17.0 Å². The molecule has 0 saturated carbocycles. The molecule has 0 amide bonds. The van der Waals surface area contributed by atoms with Crippen LogP contribution in [0.4, 0.5) is 11.6 Å². The quantitative estimate of drug-likeness (QED) is 0.620. The molecule has 3 N–H and O–H groups in total. The highest BCUT2D eigenvalue weighted by Gasteiger charge is 2.07. The van der Waals surface area contributed by atoms with Crippen molar-refractivity contribution in [2.24, 2.45) is 7.05 Å². The predicted octanol–water partition coefficient (Wildman–Crippen LogP) is 0.600. The fourth-order valence-corrected chi connectivity index (χ4v) is 1.75. The standard InChI is InChI=1S/C11H9N7O/c1-18-5-8(10(19)17-18)15-11-13-4-6-2-7(3-12)14-9(6)16-11/h2,4-5H,1H3,(H,17,19)(H2,13,14,15,16). The van der Waals surface area contributed by atoms with Crippen LogP contribution in [0.15, 0.2) is 23.3 Å². The summed E-state index contributed by atoms with van der Waals surface area (Å²) in [6.07, 6.45) is 3.18. The summed E-state index contributed by atoms with van der Waals surface area (Å²) in [5.74, 6) is 0.288. The molecule has 0 aliphatic rings. The Balaban J connectivity index is 1.99. The van der Waals surface area contributed by atoms with Crippen LogP contribution in [0.3, 0.4) is 0 Å². The first-order valence-corrected chi connectivity index (χ1v) is 5.44. The van der Waals surface area contributed by atoms with Gasteiger partial charge in [0, 0.05) is 18.6 Å². The maximum atomic E-state index is 11.5. The van der Waals surface area contributed by atoms with Gasteiger partial charge in [-0.15, -0.1) is 0 Å². The molecule has 3 aromatic rings. The van der Waals surface area contributed by atoms with Gasteiger partial charge in [0.15, 0.2) is 0 Å². The summed E-state index contributed by atoms with van der Waals surface area (Å²) in [5, 5.41) is 14.9. The SMILES string of the molecule is Cn1cc(Nc2ncc3cc(C#N)[nH]c3n2)c(=O)[nH]1. The molecule has 0 saturated heterocycles. The Morgan fingerprint density at radius 2 is 2.37 bits per heavy atom. The molecule has 19 heavy (non-hydrogen) atoms. The van der Waals surface area contributed by atoms with Crippen LogP contribution in [0, 0.1) is 11.3 Å². The molecule has 0 fully saturated rings. The van der Waals surface area contributed by atoms with E-state index in [9.17, 15) is 4.79 Å². The van der Waals surface area contributed by atoms with Gasteiger partial charge < -0.3 is 10.3 Å². The van der Waals surface area contributed by atoms with Crippen LogP contribution >= 0.6 is 0 Å². The van der Waals surface area contributed by atoms with E-state index in [-0.39, 0.29) is 11.5 Å². The van der Waals surface area contributed by atoms with Gasteiger partial charge in [-0.05, 0) is 6.07 Å². The molecule has 94 valence electrons. The number of anilines is 2. The van der Waals surface area contributed by atoms with Gasteiger partial charge in [-0.2, -0.15) is 10.2 Å². The first kappa shape index (κ1) is 11.0. The van der Waals surface area contributed by atoms with Crippen LogP contribution in [0.2, 0.25) is 0 Å². The van der Waals surface area contributed by atoms with E-state index < -0.39 is 0 Å². The van der Waals surface area contributed by atoms with Gasteiger partial charge in [-0.3, -0.25) is 14.6 Å². The average Bonchev–Trinajstić information content (AvgIpc) is 2.92. The Labute approximate surface area is 106 Å². The number of H-pyrrole nitrogens is 2. The molecule has 3 rings (SSSR count). The zero-order valence-corrected chi connectivity index (χ0v) is 9.93. The Hall–Kier alpha value is -3.08. The van der Waals surface area contributed by atoms with Gasteiger partial charge in [0.25, 0.3) is 5.56 Å². The highest BCUT2D eigenvalue weighted by atomic mass is 16.1. The summed E-state index contributed by atoms with van der Waals surface area (Å²) >= 11 is 0. The van der Waals surface area contributed by atoms with Crippen LogP contribution in [-0.4, -0.2) is 24.7 Å². The number of nitrogens with one attached hydrogen (secondary N) is 3. The van der Waals surface area contributed by atoms with Gasteiger partial charge in [0.2, 0.25) is 5.95 Å². The zero-order chi connectivity index (χ0) is 13.4. The van der Waals surface area contributed by atoms with E-state index in [0.717, 1.165) is 5.39 Å². The van der Waals surface area contributed by atoms with Crippen molar-refractivity contribution in [2.75, 3.05) is 5.32 Å². The molecular formula is C11H9N7O. The molecule has 8 heteroatoms. The van der Waals surface area contributed by atoms with Crippen LogP contribution in [-0.2, 0) is 7.05 Å². The highest BCUT2D eigenvalue weighted by Crippen LogP contribution is 2.15. The molecule has 0 unspecified atom stereocenters. The Morgan fingerprint density at radius 1 is 1.53 bits per heavy atom. The molecule has 0 atom stereocenters. The number of aromatic nitrogens is 5. The Kier molecular flexibility index (Phi) is 2.32. The van der Waals surface area contributed by atoms with E-state index in [1.54, 1.807) is 25.5 Å². The second-order valence-electron chi connectivity index (χ2n) is 4.01. The number of hydrogen-bond donors (Lipinski definition) is 3. The van der Waals surface area contributed by atoms with Gasteiger partial charge in [0.05, 0.1) is 6.20 Å². The lowest BCUT2D eigenvalue weighted by molar-refractivity contribution is 0.756. The third kappa shape index (κ3) is 1.93. The molecule has 3 heterocycles. The molecule has 0 bridgehead atoms. The molecule has 8 nitrogen and oxygen atoms in total. The summed E-state index contributed by atoms with van der Waals surface area (Å²) in [5.41, 5.74) is 1.06. The van der Waals surface area contributed by atoms with E-state index in [2.05, 4.69) is 25.4 Å². The van der Waals surface area contributed by atoms with Crippen molar-refractivity contribution in [3.63, 3.8) is 0 Å². The van der Waals surface area contributed by atoms with Crippen LogP contribution in [0.25, 0.3) is 11.0 Å². The number of aryl methyl sites for hydroxylation is 1. The lowest BCUT2D eigenvalue weighted by atomic mass is 10.4. The fourth-order valence-electron chi connectivity index (χ4n) is 1.75. The summed E-state index contributed by atoms with van der Waals surface area (Å²) in [6, 6.07) is 3.66. The third-order valence-electron chi connectivity index (χ3n) is 2.58. The predicted molar refractivity (Wildman–Crippen MR) is 67.9 cm³/mol. The molecule has 0 spiro atoms. The van der Waals surface area contributed by atoms with Crippen molar-refractivity contribution >= 4 is 22.7 Å². The third-order valence-corrected chi connectivity index (χ3v) is 2.58. The van der Waals surface area contributed by atoms with Crippen LogP contribution < -0.4 is 10.9 Å². The number of fused-ring (bicyclic) bond motifs is 1. The number of nitriles is 1. The largest absolute Gasteiger partial charge is 0.331 e. The number of rotatable bonds is 2. The summed E-state index contributed by atoms with van der Waals surface area (Å²) < 4.78 is 1.53. The van der Waals surface area contributed by atoms with E-state index in [4.69, 9.17) is 5.26 Å². The van der Waals surface area contributed by atoms with Gasteiger partial charge >= 0.3 is 0 Å². The number of hydrogen-bond acceptors (Lipinski definition) is 5. The van der Waals surface area contributed by atoms with Crippen molar-refractivity contribution in [1.82, 2.24) is 24.7 Å². The molecule has 0 radical (unpaired) electrons. The molecule has 0 aromatic carbocycles. The van der Waals surface area contributed by atoms with E-state index in [1.807, 2.05) is 6.07 Å². The first-order valence-electron chi connectivity index (χ1n) is 5.44. The molecule has 0 aliphatic heterocycles. The monoisotopic (exact) mass is 255 g/mol. The zero-order valence-electron chi connectivity index (χ0n) is 9.93. The molecular weight excluding hydrogens is 246 g/mol. The summed E-state index contributed by atoms with van der Waals surface area (Å²) in [7, 11) is 1.71. The smallest absolute Gasteiger partial charge is 0.287 e. The fraction of sp³-hybridized carbons (Fsp3) is 0.0909. The maximum Gasteiger partial charge on any atom is 0.287 e. The second kappa shape index (κ2) is 3.99. The minimum absolute atomic E-state index is 0.254. The topological polar surface area (TPSA) is 115 Å². The van der Waals surface area contributed by atoms with Gasteiger partial charge in [-0.25, -0.2) is 4.98 Å². The Bertz CT molecular complexity index is 848. The first-order chi connectivity index (χ1) is 9.15. The van der Waals surface area contributed by atoms with E-state index in [1.165, 1.54) is 4.68 Å². The normalized spacial score (nSPS) is 10.5. The maximum absolute atomic E-state index is 11.5. The number of aromatic amines is 2. The minimum atomic E-state index is -0.254. The lowest BCUT2D eigenvalue weighted by Gasteiger charge is -1.99. The minimum Gasteiger partial charge on any atom is -0.331 e. The van der Waals surface area contributed by atoms with Crippen molar-refractivity contribution in [3.8, 4) is 6.07 Å². The lowest BCUT2D eigenvalue weighted by Crippen LogP contribution is -2.07. The molecule has 3 aromatic heterocycles. The van der Waals surface area contributed by atoms with Gasteiger partial charge in [-0.1, -0.05) is 0 Å². The van der Waals surface area contributed by atoms with E-state index >= 15 is 0 Å². The van der Waals surface area contributed by atoms with Crippen LogP contribution in [0.1, 0.15) is 5.69 Å². The number of nitrogens with zero attached hydrogens (tertiary/aromatic N) is 4. The van der Waals surface area contributed by atoms with Crippen molar-refractivity contribution in [3.05, 3.63) is 34.5 Å². The van der Waals surface area contributed by atoms with Crippen molar-refractivity contribution < 1.29 is 0 Å². The second-order valence-corrected chi connectivity index (χ2v) is 4.01. The van der Waals surface area contributed by atoms with Crippen molar-refractivity contribution in [1.29, 1.82) is 5.26 Å².